The van der Waals surface area contributed by atoms with Gasteiger partial charge in [-0.05, 0) is 12.0 Å². The molecular weight excluding hydrogens is 306 g/mol. The summed E-state index contributed by atoms with van der Waals surface area (Å²) in [7, 11) is 0. The Balaban J connectivity index is 1.37. The molecule has 6 nitrogen and oxygen atoms in total. The van der Waals surface area contributed by atoms with E-state index in [1.165, 1.54) is 5.56 Å². The minimum absolute atomic E-state index is 0.336. The van der Waals surface area contributed by atoms with Gasteiger partial charge in [-0.15, -0.1) is 0 Å². The molecule has 0 unspecified atom stereocenters. The van der Waals surface area contributed by atoms with Gasteiger partial charge < -0.3 is 14.0 Å². The zero-order valence-corrected chi connectivity index (χ0v) is 14.0. The molecule has 3 heterocycles. The van der Waals surface area contributed by atoms with Gasteiger partial charge in [0.1, 0.15) is 0 Å². The lowest BCUT2D eigenvalue weighted by atomic mass is 10.0. The number of nitrogens with zero attached hydrogens (tertiary/aromatic N) is 3. The van der Waals surface area contributed by atoms with Crippen molar-refractivity contribution >= 4 is 0 Å². The van der Waals surface area contributed by atoms with Crippen LogP contribution in [0.25, 0.3) is 11.4 Å². The van der Waals surface area contributed by atoms with E-state index in [9.17, 15) is 0 Å². The molecule has 0 aliphatic carbocycles. The molecule has 0 N–H and O–H groups in total. The zero-order chi connectivity index (χ0) is 16.4. The molecule has 4 rings (SSSR count). The van der Waals surface area contributed by atoms with E-state index in [0.29, 0.717) is 31.5 Å². The van der Waals surface area contributed by atoms with Gasteiger partial charge in [-0.25, -0.2) is 0 Å². The number of benzene rings is 1. The summed E-state index contributed by atoms with van der Waals surface area (Å²) < 4.78 is 17.0. The lowest BCUT2D eigenvalue weighted by Crippen LogP contribution is -2.44. The standard InChI is InChI=1S/C18H23N3O3/c1-2-14-3-5-15(6-4-14)17-19-16(24-20-17)13-21-9-7-18(8-10-21)22-11-12-23-18/h3-6H,2,7-13H2,1H3. The highest BCUT2D eigenvalue weighted by Crippen LogP contribution is 2.31. The summed E-state index contributed by atoms with van der Waals surface area (Å²) in [4.78, 5) is 6.85. The molecule has 2 aliphatic heterocycles. The van der Waals surface area contributed by atoms with Crippen molar-refractivity contribution in [3.8, 4) is 11.4 Å². The molecular formula is C18H23N3O3. The molecule has 6 heteroatoms. The van der Waals surface area contributed by atoms with Crippen LogP contribution >= 0.6 is 0 Å². The van der Waals surface area contributed by atoms with Crippen LogP contribution in [-0.2, 0) is 22.4 Å². The lowest BCUT2D eigenvalue weighted by Gasteiger charge is -2.36. The first-order valence-corrected chi connectivity index (χ1v) is 8.68. The fourth-order valence-corrected chi connectivity index (χ4v) is 3.35. The van der Waals surface area contributed by atoms with Gasteiger partial charge in [0, 0.05) is 31.5 Å². The topological polar surface area (TPSA) is 60.6 Å². The van der Waals surface area contributed by atoms with Gasteiger partial charge in [0.25, 0.3) is 0 Å². The van der Waals surface area contributed by atoms with Crippen LogP contribution in [0.5, 0.6) is 0 Å². The van der Waals surface area contributed by atoms with Crippen molar-refractivity contribution < 1.29 is 14.0 Å². The maximum Gasteiger partial charge on any atom is 0.241 e. The summed E-state index contributed by atoms with van der Waals surface area (Å²) in [6, 6.07) is 8.31. The molecule has 1 aromatic carbocycles. The van der Waals surface area contributed by atoms with Crippen LogP contribution in [0.1, 0.15) is 31.2 Å². The van der Waals surface area contributed by atoms with E-state index in [1.54, 1.807) is 0 Å². The van der Waals surface area contributed by atoms with Crippen LogP contribution in [0.3, 0.4) is 0 Å². The highest BCUT2D eigenvalue weighted by atomic mass is 16.7. The first-order valence-electron chi connectivity index (χ1n) is 8.68. The minimum atomic E-state index is -0.336. The minimum Gasteiger partial charge on any atom is -0.347 e. The summed E-state index contributed by atoms with van der Waals surface area (Å²) in [5, 5.41) is 4.12. The average molecular weight is 329 g/mol. The number of piperidine rings is 1. The highest BCUT2D eigenvalue weighted by Gasteiger charge is 2.39. The normalized spacial score (nSPS) is 20.7. The number of ether oxygens (including phenoxy) is 2. The summed E-state index contributed by atoms with van der Waals surface area (Å²) in [5.41, 5.74) is 2.30. The van der Waals surface area contributed by atoms with Crippen LogP contribution in [0, 0.1) is 0 Å². The largest absolute Gasteiger partial charge is 0.347 e. The number of hydrogen-bond acceptors (Lipinski definition) is 6. The van der Waals surface area contributed by atoms with Gasteiger partial charge in [0.15, 0.2) is 5.79 Å². The zero-order valence-electron chi connectivity index (χ0n) is 14.0. The fraction of sp³-hybridized carbons (Fsp3) is 0.556. The average Bonchev–Trinajstić information content (AvgIpc) is 3.27. The van der Waals surface area contributed by atoms with Gasteiger partial charge >= 0.3 is 0 Å². The van der Waals surface area contributed by atoms with E-state index in [0.717, 1.165) is 37.9 Å². The second-order valence-corrected chi connectivity index (χ2v) is 6.45. The maximum atomic E-state index is 5.76. The molecule has 2 aromatic rings. The monoisotopic (exact) mass is 329 g/mol. The smallest absolute Gasteiger partial charge is 0.241 e. The summed E-state index contributed by atoms with van der Waals surface area (Å²) >= 11 is 0. The van der Waals surface area contributed by atoms with Crippen molar-refractivity contribution in [2.75, 3.05) is 26.3 Å². The molecule has 0 saturated carbocycles. The van der Waals surface area contributed by atoms with Crippen molar-refractivity contribution in [1.82, 2.24) is 15.0 Å². The van der Waals surface area contributed by atoms with Crippen molar-refractivity contribution in [3.63, 3.8) is 0 Å². The Bertz CT molecular complexity index is 667. The molecule has 0 atom stereocenters. The Morgan fingerprint density at radius 1 is 1.08 bits per heavy atom. The van der Waals surface area contributed by atoms with Crippen molar-refractivity contribution in [1.29, 1.82) is 0 Å². The molecule has 0 bridgehead atoms. The number of aryl methyl sites for hydroxylation is 1. The van der Waals surface area contributed by atoms with Gasteiger partial charge in [0.2, 0.25) is 11.7 Å². The Kier molecular flexibility index (Phi) is 4.35. The summed E-state index contributed by atoms with van der Waals surface area (Å²) in [5.74, 6) is 0.981. The third kappa shape index (κ3) is 3.22. The Morgan fingerprint density at radius 2 is 1.79 bits per heavy atom. The molecule has 24 heavy (non-hydrogen) atoms. The van der Waals surface area contributed by atoms with Crippen molar-refractivity contribution in [2.24, 2.45) is 0 Å². The molecule has 2 saturated heterocycles. The maximum absolute atomic E-state index is 5.76. The second kappa shape index (κ2) is 6.63. The summed E-state index contributed by atoms with van der Waals surface area (Å²) in [6.07, 6.45) is 2.82. The number of hydrogen-bond donors (Lipinski definition) is 0. The van der Waals surface area contributed by atoms with Crippen LogP contribution < -0.4 is 0 Å². The predicted octanol–water partition coefficient (Wildman–Crippen LogP) is 2.64. The molecule has 0 radical (unpaired) electrons. The van der Waals surface area contributed by atoms with E-state index >= 15 is 0 Å². The molecule has 2 fully saturated rings. The SMILES string of the molecule is CCc1ccc(-c2noc(CN3CCC4(CC3)OCCO4)n2)cc1. The first kappa shape index (κ1) is 15.7. The van der Waals surface area contributed by atoms with E-state index in [4.69, 9.17) is 14.0 Å². The lowest BCUT2D eigenvalue weighted by molar-refractivity contribution is -0.186. The van der Waals surface area contributed by atoms with Gasteiger partial charge in [-0.2, -0.15) is 4.98 Å². The highest BCUT2D eigenvalue weighted by molar-refractivity contribution is 5.54. The molecule has 1 spiro atoms. The first-order chi connectivity index (χ1) is 11.8. The number of aromatic nitrogens is 2. The Labute approximate surface area is 141 Å². The van der Waals surface area contributed by atoms with E-state index in [2.05, 4.69) is 34.1 Å². The van der Waals surface area contributed by atoms with E-state index in [-0.39, 0.29) is 5.79 Å². The Morgan fingerprint density at radius 3 is 2.46 bits per heavy atom. The third-order valence-corrected chi connectivity index (χ3v) is 4.88. The van der Waals surface area contributed by atoms with Crippen LogP contribution in [0.4, 0.5) is 0 Å². The molecule has 128 valence electrons. The fourth-order valence-electron chi connectivity index (χ4n) is 3.35. The second-order valence-electron chi connectivity index (χ2n) is 6.45. The van der Waals surface area contributed by atoms with Crippen LogP contribution in [0.15, 0.2) is 28.8 Å². The van der Waals surface area contributed by atoms with Gasteiger partial charge in [-0.1, -0.05) is 36.3 Å². The van der Waals surface area contributed by atoms with Crippen molar-refractivity contribution in [3.05, 3.63) is 35.7 Å². The van der Waals surface area contributed by atoms with E-state index in [1.807, 2.05) is 12.1 Å². The van der Waals surface area contributed by atoms with Gasteiger partial charge in [0.05, 0.1) is 19.8 Å². The van der Waals surface area contributed by atoms with Gasteiger partial charge in [-0.3, -0.25) is 4.90 Å². The third-order valence-electron chi connectivity index (χ3n) is 4.88. The molecule has 1 aromatic heterocycles. The Hall–Kier alpha value is -1.76. The number of likely N-dealkylation sites (tertiary alicyclic amines) is 1. The molecule has 2 aliphatic rings. The van der Waals surface area contributed by atoms with Crippen LogP contribution in [0.2, 0.25) is 0 Å². The predicted molar refractivity (Wildman–Crippen MR) is 88.3 cm³/mol. The van der Waals surface area contributed by atoms with Crippen LogP contribution in [-0.4, -0.2) is 47.1 Å². The van der Waals surface area contributed by atoms with E-state index < -0.39 is 0 Å². The quantitative estimate of drug-likeness (QED) is 0.859. The summed E-state index contributed by atoms with van der Waals surface area (Å²) in [6.45, 7) is 6.08. The molecule has 0 amide bonds. The van der Waals surface area contributed by atoms with Crippen molar-refractivity contribution in [2.45, 2.75) is 38.5 Å². The number of rotatable bonds is 4.